The molecule has 5 heteroatoms. The van der Waals surface area contributed by atoms with Crippen molar-refractivity contribution in [1.82, 2.24) is 4.98 Å². The van der Waals surface area contributed by atoms with E-state index in [9.17, 15) is 9.18 Å². The van der Waals surface area contributed by atoms with Gasteiger partial charge in [0, 0.05) is 31.5 Å². The molecule has 0 aliphatic heterocycles. The number of nitrogens with zero attached hydrogens (tertiary/aromatic N) is 1. The number of aromatic nitrogens is 1. The average molecular weight is 273 g/mol. The zero-order valence-corrected chi connectivity index (χ0v) is 11.4. The Morgan fingerprint density at radius 3 is 2.85 bits per heavy atom. The monoisotopic (exact) mass is 273 g/mol. The average Bonchev–Trinajstić information content (AvgIpc) is 2.40. The van der Waals surface area contributed by atoms with E-state index in [-0.39, 0.29) is 11.6 Å². The Hall–Kier alpha value is -2.43. The van der Waals surface area contributed by atoms with E-state index in [2.05, 4.69) is 15.6 Å². The van der Waals surface area contributed by atoms with E-state index >= 15 is 0 Å². The number of halogens is 1. The van der Waals surface area contributed by atoms with Crippen LogP contribution in [0, 0.1) is 12.7 Å². The first-order valence-electron chi connectivity index (χ1n) is 6.27. The molecule has 1 aromatic carbocycles. The third-order valence-corrected chi connectivity index (χ3v) is 2.91. The van der Waals surface area contributed by atoms with Crippen molar-refractivity contribution in [2.75, 3.05) is 10.6 Å². The highest BCUT2D eigenvalue weighted by Crippen LogP contribution is 2.20. The largest absolute Gasteiger partial charge is 0.381 e. The van der Waals surface area contributed by atoms with E-state index in [0.717, 1.165) is 16.8 Å². The van der Waals surface area contributed by atoms with Crippen LogP contribution in [0.5, 0.6) is 0 Å². The molecule has 20 heavy (non-hydrogen) atoms. The van der Waals surface area contributed by atoms with Gasteiger partial charge in [-0.3, -0.25) is 9.78 Å². The lowest BCUT2D eigenvalue weighted by molar-refractivity contribution is -0.114. The maximum Gasteiger partial charge on any atom is 0.221 e. The van der Waals surface area contributed by atoms with Crippen LogP contribution in [0.3, 0.4) is 0 Å². The van der Waals surface area contributed by atoms with Crippen LogP contribution in [-0.2, 0) is 11.3 Å². The van der Waals surface area contributed by atoms with Crippen LogP contribution >= 0.6 is 0 Å². The molecule has 0 atom stereocenters. The Balaban J connectivity index is 2.10. The number of hydrogen-bond donors (Lipinski definition) is 2. The van der Waals surface area contributed by atoms with Crippen LogP contribution in [0.2, 0.25) is 0 Å². The zero-order valence-electron chi connectivity index (χ0n) is 11.4. The molecule has 2 rings (SSSR count). The maximum atomic E-state index is 13.5. The fourth-order valence-electron chi connectivity index (χ4n) is 1.80. The summed E-state index contributed by atoms with van der Waals surface area (Å²) in [4.78, 5) is 15.1. The molecule has 0 radical (unpaired) electrons. The molecule has 1 aromatic heterocycles. The van der Waals surface area contributed by atoms with Gasteiger partial charge in [-0.15, -0.1) is 0 Å². The molecule has 0 bridgehead atoms. The molecular formula is C15H16FN3O. The summed E-state index contributed by atoms with van der Waals surface area (Å²) in [6.45, 7) is 3.94. The van der Waals surface area contributed by atoms with Crippen LogP contribution in [0.25, 0.3) is 0 Å². The lowest BCUT2D eigenvalue weighted by atomic mass is 10.1. The van der Waals surface area contributed by atoms with Gasteiger partial charge in [-0.25, -0.2) is 4.39 Å². The molecule has 4 nitrogen and oxygen atoms in total. The van der Waals surface area contributed by atoms with Crippen molar-refractivity contribution in [2.45, 2.75) is 20.4 Å². The van der Waals surface area contributed by atoms with E-state index in [1.807, 2.05) is 13.0 Å². The molecule has 2 N–H and O–H groups in total. The third-order valence-electron chi connectivity index (χ3n) is 2.91. The molecular weight excluding hydrogens is 257 g/mol. The maximum absolute atomic E-state index is 13.5. The number of hydrogen-bond acceptors (Lipinski definition) is 3. The van der Waals surface area contributed by atoms with Gasteiger partial charge in [-0.05, 0) is 42.3 Å². The fourth-order valence-corrected chi connectivity index (χ4v) is 1.80. The topological polar surface area (TPSA) is 54.0 Å². The SMILES string of the molecule is CC(=O)Nc1cc(NCc2cnccc2C)ccc1F. The van der Waals surface area contributed by atoms with Gasteiger partial charge < -0.3 is 10.6 Å². The van der Waals surface area contributed by atoms with E-state index in [4.69, 9.17) is 0 Å². The first-order valence-corrected chi connectivity index (χ1v) is 6.27. The minimum atomic E-state index is -0.455. The van der Waals surface area contributed by atoms with Gasteiger partial charge in [-0.2, -0.15) is 0 Å². The van der Waals surface area contributed by atoms with E-state index < -0.39 is 5.82 Å². The van der Waals surface area contributed by atoms with Gasteiger partial charge >= 0.3 is 0 Å². The second-order valence-corrected chi connectivity index (χ2v) is 4.53. The van der Waals surface area contributed by atoms with Gasteiger partial charge in [0.1, 0.15) is 5.82 Å². The summed E-state index contributed by atoms with van der Waals surface area (Å²) in [5, 5.41) is 5.64. The number of rotatable bonds is 4. The van der Waals surface area contributed by atoms with Crippen molar-refractivity contribution < 1.29 is 9.18 Å². The van der Waals surface area contributed by atoms with Crippen molar-refractivity contribution in [2.24, 2.45) is 0 Å². The quantitative estimate of drug-likeness (QED) is 0.900. The zero-order chi connectivity index (χ0) is 14.5. The summed E-state index contributed by atoms with van der Waals surface area (Å²) < 4.78 is 13.5. The molecule has 0 saturated carbocycles. The van der Waals surface area contributed by atoms with Crippen molar-refractivity contribution in [3.63, 3.8) is 0 Å². The standard InChI is InChI=1S/C15H16FN3O/c1-10-5-6-17-8-12(10)9-18-13-3-4-14(16)15(7-13)19-11(2)20/h3-8,18H,9H2,1-2H3,(H,19,20). The van der Waals surface area contributed by atoms with Gasteiger partial charge in [0.2, 0.25) is 5.91 Å². The lowest BCUT2D eigenvalue weighted by Crippen LogP contribution is -2.08. The van der Waals surface area contributed by atoms with E-state index in [1.54, 1.807) is 24.5 Å². The van der Waals surface area contributed by atoms with Crippen LogP contribution < -0.4 is 10.6 Å². The van der Waals surface area contributed by atoms with Crippen molar-refractivity contribution >= 4 is 17.3 Å². The number of anilines is 2. The summed E-state index contributed by atoms with van der Waals surface area (Å²) in [6, 6.07) is 6.46. The summed E-state index contributed by atoms with van der Waals surface area (Å²) in [5.74, 6) is -0.757. The Bertz CT molecular complexity index is 628. The van der Waals surface area contributed by atoms with Crippen LogP contribution in [0.15, 0.2) is 36.7 Å². The molecule has 1 heterocycles. The summed E-state index contributed by atoms with van der Waals surface area (Å²) >= 11 is 0. The highest BCUT2D eigenvalue weighted by Gasteiger charge is 2.05. The second kappa shape index (κ2) is 6.14. The minimum Gasteiger partial charge on any atom is -0.381 e. The smallest absolute Gasteiger partial charge is 0.221 e. The first kappa shape index (κ1) is 14.0. The number of pyridine rings is 1. The van der Waals surface area contributed by atoms with Crippen LogP contribution in [0.1, 0.15) is 18.1 Å². The van der Waals surface area contributed by atoms with Gasteiger partial charge in [0.15, 0.2) is 0 Å². The Morgan fingerprint density at radius 1 is 1.35 bits per heavy atom. The number of carbonyl (C=O) groups is 1. The molecule has 1 amide bonds. The number of carbonyl (C=O) groups excluding carboxylic acids is 1. The number of aryl methyl sites for hydroxylation is 1. The molecule has 0 aliphatic rings. The van der Waals surface area contributed by atoms with Crippen molar-refractivity contribution in [3.8, 4) is 0 Å². The predicted molar refractivity (Wildman–Crippen MR) is 77.0 cm³/mol. The summed E-state index contributed by atoms with van der Waals surface area (Å²) in [5.41, 5.74) is 3.11. The van der Waals surface area contributed by atoms with Crippen molar-refractivity contribution in [3.05, 3.63) is 53.6 Å². The Kier molecular flexibility index (Phi) is 4.30. The molecule has 0 aliphatic carbocycles. The molecule has 0 unspecified atom stereocenters. The summed E-state index contributed by atoms with van der Waals surface area (Å²) in [7, 11) is 0. The molecule has 2 aromatic rings. The van der Waals surface area contributed by atoms with Gasteiger partial charge in [0.25, 0.3) is 0 Å². The highest BCUT2D eigenvalue weighted by molar-refractivity contribution is 5.89. The van der Waals surface area contributed by atoms with Gasteiger partial charge in [-0.1, -0.05) is 0 Å². The fraction of sp³-hybridized carbons (Fsp3) is 0.200. The van der Waals surface area contributed by atoms with Gasteiger partial charge in [0.05, 0.1) is 5.69 Å². The van der Waals surface area contributed by atoms with Crippen LogP contribution in [-0.4, -0.2) is 10.9 Å². The minimum absolute atomic E-state index is 0.172. The molecule has 0 fully saturated rings. The van der Waals surface area contributed by atoms with Crippen LogP contribution in [0.4, 0.5) is 15.8 Å². The first-order chi connectivity index (χ1) is 9.56. The van der Waals surface area contributed by atoms with E-state index in [1.165, 1.54) is 13.0 Å². The summed E-state index contributed by atoms with van der Waals surface area (Å²) in [6.07, 6.45) is 3.53. The number of nitrogens with one attached hydrogen (secondary N) is 2. The number of benzene rings is 1. The second-order valence-electron chi connectivity index (χ2n) is 4.53. The van der Waals surface area contributed by atoms with E-state index in [0.29, 0.717) is 6.54 Å². The number of amides is 1. The third kappa shape index (κ3) is 3.54. The Labute approximate surface area is 117 Å². The Morgan fingerprint density at radius 2 is 2.15 bits per heavy atom. The highest BCUT2D eigenvalue weighted by atomic mass is 19.1. The molecule has 0 spiro atoms. The molecule has 104 valence electrons. The predicted octanol–water partition coefficient (Wildman–Crippen LogP) is 3.10. The normalized spacial score (nSPS) is 10.2. The lowest BCUT2D eigenvalue weighted by Gasteiger charge is -2.11. The van der Waals surface area contributed by atoms with Crippen molar-refractivity contribution in [1.29, 1.82) is 0 Å². The molecule has 0 saturated heterocycles.